The first-order valence-corrected chi connectivity index (χ1v) is 6.57. The van der Waals surface area contributed by atoms with E-state index in [4.69, 9.17) is 4.74 Å². The van der Waals surface area contributed by atoms with Crippen molar-refractivity contribution >= 4 is 0 Å². The van der Waals surface area contributed by atoms with Crippen LogP contribution in [0.5, 0.6) is 6.01 Å². The van der Waals surface area contributed by atoms with E-state index in [1.165, 1.54) is 0 Å². The molecule has 0 amide bonds. The molecule has 5 nitrogen and oxygen atoms in total. The van der Waals surface area contributed by atoms with Gasteiger partial charge in [-0.1, -0.05) is 37.3 Å². The average Bonchev–Trinajstić information content (AvgIpc) is 2.84. The van der Waals surface area contributed by atoms with Gasteiger partial charge in [0.2, 0.25) is 0 Å². The van der Waals surface area contributed by atoms with Crippen molar-refractivity contribution in [1.82, 2.24) is 20.1 Å². The molecule has 1 aromatic carbocycles. The first kappa shape index (κ1) is 13.5. The van der Waals surface area contributed by atoms with Crippen molar-refractivity contribution in [3.8, 4) is 6.01 Å². The van der Waals surface area contributed by atoms with Crippen LogP contribution in [0.2, 0.25) is 0 Å². The zero-order valence-corrected chi connectivity index (χ0v) is 11.4. The Bertz CT molecular complexity index is 483. The van der Waals surface area contributed by atoms with Crippen molar-refractivity contribution in [3.05, 3.63) is 42.2 Å². The second kappa shape index (κ2) is 6.89. The molecule has 1 atom stereocenters. The molecule has 0 bridgehead atoms. The molecule has 102 valence electrons. The summed E-state index contributed by atoms with van der Waals surface area (Å²) in [6.07, 6.45) is 2.66. The van der Waals surface area contributed by atoms with Crippen LogP contribution in [-0.4, -0.2) is 27.9 Å². The summed E-state index contributed by atoms with van der Waals surface area (Å²) in [5.41, 5.74) is 1.12. The van der Waals surface area contributed by atoms with E-state index in [-0.39, 0.29) is 6.10 Å². The van der Waals surface area contributed by atoms with E-state index in [0.29, 0.717) is 6.01 Å². The van der Waals surface area contributed by atoms with Crippen molar-refractivity contribution in [2.75, 3.05) is 13.1 Å². The van der Waals surface area contributed by atoms with Gasteiger partial charge >= 0.3 is 6.01 Å². The fourth-order valence-electron chi connectivity index (χ4n) is 1.81. The highest BCUT2D eigenvalue weighted by Gasteiger charge is 2.14. The number of nitrogens with one attached hydrogen (secondary N) is 1. The highest BCUT2D eigenvalue weighted by Crippen LogP contribution is 2.18. The number of benzene rings is 1. The van der Waals surface area contributed by atoms with Crippen molar-refractivity contribution in [2.24, 2.45) is 7.05 Å². The van der Waals surface area contributed by atoms with E-state index >= 15 is 0 Å². The summed E-state index contributed by atoms with van der Waals surface area (Å²) >= 11 is 0. The summed E-state index contributed by atoms with van der Waals surface area (Å²) in [6.45, 7) is 3.87. The molecule has 0 aliphatic heterocycles. The smallest absolute Gasteiger partial charge is 0.336 e. The van der Waals surface area contributed by atoms with Crippen LogP contribution < -0.4 is 10.1 Å². The van der Waals surface area contributed by atoms with Gasteiger partial charge < -0.3 is 10.1 Å². The number of hydrogen-bond donors (Lipinski definition) is 1. The molecular formula is C14H20N4O. The molecule has 0 fully saturated rings. The maximum Gasteiger partial charge on any atom is 0.336 e. The minimum Gasteiger partial charge on any atom is -0.453 e. The van der Waals surface area contributed by atoms with Gasteiger partial charge in [-0.2, -0.15) is 4.98 Å². The lowest BCUT2D eigenvalue weighted by molar-refractivity contribution is 0.184. The Morgan fingerprint density at radius 3 is 2.74 bits per heavy atom. The molecule has 2 rings (SSSR count). The largest absolute Gasteiger partial charge is 0.453 e. The molecular weight excluding hydrogens is 240 g/mol. The topological polar surface area (TPSA) is 52.0 Å². The number of nitrogens with zero attached hydrogens (tertiary/aromatic N) is 3. The first-order valence-electron chi connectivity index (χ1n) is 6.57. The fraction of sp³-hybridized carbons (Fsp3) is 0.429. The van der Waals surface area contributed by atoms with E-state index < -0.39 is 0 Å². The van der Waals surface area contributed by atoms with Crippen molar-refractivity contribution in [1.29, 1.82) is 0 Å². The van der Waals surface area contributed by atoms with Gasteiger partial charge in [-0.3, -0.25) is 4.68 Å². The fourth-order valence-corrected chi connectivity index (χ4v) is 1.81. The number of aryl methyl sites for hydroxylation is 1. The SMILES string of the molecule is CCCNCC(Oc1ncn(C)n1)c1ccccc1. The molecule has 1 aromatic heterocycles. The third-order valence-electron chi connectivity index (χ3n) is 2.75. The Kier molecular flexibility index (Phi) is 4.92. The van der Waals surface area contributed by atoms with Gasteiger partial charge in [-0.15, -0.1) is 5.10 Å². The van der Waals surface area contributed by atoms with Gasteiger partial charge in [-0.05, 0) is 18.5 Å². The third-order valence-corrected chi connectivity index (χ3v) is 2.75. The summed E-state index contributed by atoms with van der Waals surface area (Å²) in [6, 6.07) is 10.5. The van der Waals surface area contributed by atoms with Crippen molar-refractivity contribution < 1.29 is 4.74 Å². The van der Waals surface area contributed by atoms with E-state index in [1.807, 2.05) is 25.2 Å². The molecule has 1 N–H and O–H groups in total. The molecule has 5 heteroatoms. The lowest BCUT2D eigenvalue weighted by Crippen LogP contribution is -2.26. The Morgan fingerprint density at radius 1 is 1.32 bits per heavy atom. The molecule has 0 aliphatic rings. The zero-order valence-electron chi connectivity index (χ0n) is 11.4. The Labute approximate surface area is 113 Å². The zero-order chi connectivity index (χ0) is 13.5. The van der Waals surface area contributed by atoms with Gasteiger partial charge in [0.25, 0.3) is 0 Å². The van der Waals surface area contributed by atoms with Gasteiger partial charge in [0.1, 0.15) is 12.4 Å². The molecule has 0 radical (unpaired) electrons. The number of aromatic nitrogens is 3. The van der Waals surface area contributed by atoms with Crippen LogP contribution in [0.1, 0.15) is 25.0 Å². The predicted molar refractivity (Wildman–Crippen MR) is 74.0 cm³/mol. The normalized spacial score (nSPS) is 12.3. The van der Waals surface area contributed by atoms with Gasteiger partial charge in [0, 0.05) is 13.6 Å². The number of hydrogen-bond acceptors (Lipinski definition) is 4. The number of ether oxygens (including phenoxy) is 1. The van der Waals surface area contributed by atoms with Crippen LogP contribution in [0, 0.1) is 0 Å². The quantitative estimate of drug-likeness (QED) is 0.773. The van der Waals surface area contributed by atoms with Crippen LogP contribution >= 0.6 is 0 Å². The van der Waals surface area contributed by atoms with E-state index in [1.54, 1.807) is 11.0 Å². The second-order valence-corrected chi connectivity index (χ2v) is 4.42. The monoisotopic (exact) mass is 260 g/mol. The lowest BCUT2D eigenvalue weighted by atomic mass is 10.1. The molecule has 0 spiro atoms. The van der Waals surface area contributed by atoms with Crippen molar-refractivity contribution in [3.63, 3.8) is 0 Å². The van der Waals surface area contributed by atoms with Crippen LogP contribution in [0.4, 0.5) is 0 Å². The van der Waals surface area contributed by atoms with Crippen LogP contribution in [0.3, 0.4) is 0 Å². The second-order valence-electron chi connectivity index (χ2n) is 4.42. The minimum atomic E-state index is -0.0739. The Morgan fingerprint density at radius 2 is 2.11 bits per heavy atom. The van der Waals surface area contributed by atoms with Gasteiger partial charge in [-0.25, -0.2) is 0 Å². The Balaban J connectivity index is 2.05. The highest BCUT2D eigenvalue weighted by molar-refractivity contribution is 5.18. The average molecular weight is 260 g/mol. The van der Waals surface area contributed by atoms with Crippen molar-refractivity contribution in [2.45, 2.75) is 19.4 Å². The molecule has 0 aliphatic carbocycles. The summed E-state index contributed by atoms with van der Waals surface area (Å²) < 4.78 is 7.50. The molecule has 1 heterocycles. The summed E-state index contributed by atoms with van der Waals surface area (Å²) in [5.74, 6) is 0. The maximum absolute atomic E-state index is 5.86. The summed E-state index contributed by atoms with van der Waals surface area (Å²) in [4.78, 5) is 4.11. The number of rotatable bonds is 7. The maximum atomic E-state index is 5.86. The van der Waals surface area contributed by atoms with E-state index in [0.717, 1.165) is 25.1 Å². The summed E-state index contributed by atoms with van der Waals surface area (Å²) in [7, 11) is 1.83. The standard InChI is InChI=1S/C14H20N4O/c1-3-9-15-10-13(12-7-5-4-6-8-12)19-14-16-11-18(2)17-14/h4-8,11,13,15H,3,9-10H2,1-2H3. The van der Waals surface area contributed by atoms with Crippen LogP contribution in [0.25, 0.3) is 0 Å². The molecule has 0 saturated heterocycles. The molecule has 0 saturated carbocycles. The third kappa shape index (κ3) is 4.06. The minimum absolute atomic E-state index is 0.0739. The highest BCUT2D eigenvalue weighted by atomic mass is 16.5. The lowest BCUT2D eigenvalue weighted by Gasteiger charge is -2.17. The molecule has 19 heavy (non-hydrogen) atoms. The first-order chi connectivity index (χ1) is 9.29. The Hall–Kier alpha value is -1.88. The predicted octanol–water partition coefficient (Wildman–Crippen LogP) is 1.93. The van der Waals surface area contributed by atoms with E-state index in [2.05, 4.69) is 34.5 Å². The summed E-state index contributed by atoms with van der Waals surface area (Å²) in [5, 5.41) is 7.53. The van der Waals surface area contributed by atoms with Gasteiger partial charge in [0.05, 0.1) is 0 Å². The molecule has 2 aromatic rings. The van der Waals surface area contributed by atoms with Crippen LogP contribution in [0.15, 0.2) is 36.7 Å². The van der Waals surface area contributed by atoms with Gasteiger partial charge in [0.15, 0.2) is 0 Å². The van der Waals surface area contributed by atoms with E-state index in [9.17, 15) is 0 Å². The molecule has 1 unspecified atom stereocenters. The van der Waals surface area contributed by atoms with Crippen LogP contribution in [-0.2, 0) is 7.05 Å².